The minimum atomic E-state index is -4.67. The Morgan fingerprint density at radius 1 is 1.10 bits per heavy atom. The summed E-state index contributed by atoms with van der Waals surface area (Å²) in [6, 6.07) is 0. The molecular formula is CH5NaO7S. The molecule has 0 aromatic rings. The second-order valence-electron chi connectivity index (χ2n) is 0.730. The van der Waals surface area contributed by atoms with Gasteiger partial charge in [0.15, 0.2) is 0 Å². The van der Waals surface area contributed by atoms with Crippen molar-refractivity contribution in [1.82, 2.24) is 0 Å². The molecule has 7 nitrogen and oxygen atoms in total. The van der Waals surface area contributed by atoms with E-state index in [9.17, 15) is 0 Å². The van der Waals surface area contributed by atoms with Crippen LogP contribution in [-0.4, -0.2) is 63.4 Å². The quantitative estimate of drug-likeness (QED) is 0.278. The van der Waals surface area contributed by atoms with Gasteiger partial charge in [0.05, 0.1) is 0 Å². The molecule has 0 saturated heterocycles. The van der Waals surface area contributed by atoms with E-state index in [2.05, 4.69) is 0 Å². The van der Waals surface area contributed by atoms with Crippen molar-refractivity contribution >= 4 is 46.1 Å². The molecule has 10 heavy (non-hydrogen) atoms. The van der Waals surface area contributed by atoms with Crippen LogP contribution < -0.4 is 0 Å². The molecule has 0 fully saturated rings. The normalized spacial score (nSPS) is 8.20. The number of carboxylic acid groups (broad SMARTS) is 2. The minimum absolute atomic E-state index is 0. The molecule has 4 N–H and O–H groups in total. The Kier molecular flexibility index (Phi) is 12.0. The van der Waals surface area contributed by atoms with E-state index in [1.165, 1.54) is 0 Å². The maximum absolute atomic E-state index is 8.74. The van der Waals surface area contributed by atoms with E-state index in [4.69, 9.17) is 32.5 Å². The molecular weight excluding hydrogens is 179 g/mol. The van der Waals surface area contributed by atoms with Crippen LogP contribution in [0.1, 0.15) is 0 Å². The second-order valence-corrected chi connectivity index (χ2v) is 1.63. The molecule has 0 aromatic heterocycles. The van der Waals surface area contributed by atoms with Crippen LogP contribution in [0.5, 0.6) is 0 Å². The molecule has 0 aliphatic carbocycles. The molecule has 58 valence electrons. The van der Waals surface area contributed by atoms with E-state index >= 15 is 0 Å². The van der Waals surface area contributed by atoms with E-state index in [-0.39, 0.29) is 29.6 Å². The fraction of sp³-hybridized carbons (Fsp3) is 0. The van der Waals surface area contributed by atoms with Gasteiger partial charge in [0.2, 0.25) is 0 Å². The van der Waals surface area contributed by atoms with Crippen molar-refractivity contribution in [2.24, 2.45) is 0 Å². The molecule has 0 bridgehead atoms. The zero-order chi connectivity index (χ0) is 8.08. The molecule has 0 heterocycles. The molecule has 0 spiro atoms. The predicted octanol–water partition coefficient (Wildman–Crippen LogP) is -1.08. The van der Waals surface area contributed by atoms with Crippen LogP contribution in [-0.2, 0) is 10.4 Å². The molecule has 0 unspecified atom stereocenters. The molecule has 0 amide bonds. The van der Waals surface area contributed by atoms with Crippen molar-refractivity contribution in [2.45, 2.75) is 0 Å². The third-order valence-electron chi connectivity index (χ3n) is 0. The van der Waals surface area contributed by atoms with Gasteiger partial charge in [-0.2, -0.15) is 8.42 Å². The summed E-state index contributed by atoms with van der Waals surface area (Å²) >= 11 is 0. The van der Waals surface area contributed by atoms with Gasteiger partial charge in [0, 0.05) is 0 Å². The summed E-state index contributed by atoms with van der Waals surface area (Å²) in [6.45, 7) is 0. The molecule has 0 saturated carbocycles. The van der Waals surface area contributed by atoms with E-state index < -0.39 is 16.6 Å². The summed E-state index contributed by atoms with van der Waals surface area (Å²) < 4.78 is 31.6. The Morgan fingerprint density at radius 2 is 1.10 bits per heavy atom. The van der Waals surface area contributed by atoms with Gasteiger partial charge in [-0.1, -0.05) is 0 Å². The monoisotopic (exact) mass is 184 g/mol. The van der Waals surface area contributed by atoms with Crippen LogP contribution in [0.25, 0.3) is 0 Å². The first-order chi connectivity index (χ1) is 3.73. The molecule has 0 rings (SSSR count). The zero-order valence-electron chi connectivity index (χ0n) is 3.92. The van der Waals surface area contributed by atoms with Gasteiger partial charge in [-0.3, -0.25) is 9.11 Å². The van der Waals surface area contributed by atoms with Gasteiger partial charge in [0.25, 0.3) is 0 Å². The summed E-state index contributed by atoms with van der Waals surface area (Å²) in [5.74, 6) is 0. The summed E-state index contributed by atoms with van der Waals surface area (Å²) in [6.07, 6.45) is -1.83. The standard InChI is InChI=1S/CH2O3.Na.H2O4S.H/c2-1(3)4;;1-5(2,3)4;/h(H2,2,3,4);;(H2,1,2,3,4);. The van der Waals surface area contributed by atoms with E-state index in [0.717, 1.165) is 0 Å². The van der Waals surface area contributed by atoms with Crippen molar-refractivity contribution in [1.29, 1.82) is 0 Å². The molecule has 0 atom stereocenters. The fourth-order valence-electron chi connectivity index (χ4n) is 0. The van der Waals surface area contributed by atoms with E-state index in [0.29, 0.717) is 0 Å². The molecule has 0 aliphatic heterocycles. The van der Waals surface area contributed by atoms with Crippen LogP contribution >= 0.6 is 0 Å². The van der Waals surface area contributed by atoms with E-state index in [1.807, 2.05) is 0 Å². The van der Waals surface area contributed by atoms with Crippen LogP contribution in [0, 0.1) is 0 Å². The zero-order valence-corrected chi connectivity index (χ0v) is 4.74. The third kappa shape index (κ3) is 21200. The Morgan fingerprint density at radius 3 is 1.10 bits per heavy atom. The Hall–Kier alpha value is 0.140. The molecule has 9 heteroatoms. The number of carbonyl (C=O) groups is 1. The van der Waals surface area contributed by atoms with Gasteiger partial charge < -0.3 is 10.2 Å². The first kappa shape index (κ1) is 16.6. The second kappa shape index (κ2) is 7.25. The predicted molar refractivity (Wildman–Crippen MR) is 32.0 cm³/mol. The Balaban J connectivity index is -0.0000000910. The first-order valence-corrected chi connectivity index (χ1v) is 2.75. The van der Waals surface area contributed by atoms with E-state index in [1.54, 1.807) is 0 Å². The van der Waals surface area contributed by atoms with Gasteiger partial charge >= 0.3 is 46.1 Å². The summed E-state index contributed by atoms with van der Waals surface area (Å²) in [7, 11) is -4.67. The van der Waals surface area contributed by atoms with Crippen molar-refractivity contribution < 1.29 is 32.5 Å². The topological polar surface area (TPSA) is 132 Å². The first-order valence-electron chi connectivity index (χ1n) is 1.35. The Bertz CT molecular complexity index is 156. The van der Waals surface area contributed by atoms with Gasteiger partial charge in [-0.05, 0) is 0 Å². The maximum atomic E-state index is 8.74. The van der Waals surface area contributed by atoms with Gasteiger partial charge in [0.1, 0.15) is 0 Å². The van der Waals surface area contributed by atoms with Crippen LogP contribution in [0.4, 0.5) is 4.79 Å². The number of hydrogen-bond acceptors (Lipinski definition) is 3. The van der Waals surface area contributed by atoms with Crippen molar-refractivity contribution in [3.05, 3.63) is 0 Å². The van der Waals surface area contributed by atoms with Crippen LogP contribution in [0.2, 0.25) is 0 Å². The van der Waals surface area contributed by atoms with Crippen molar-refractivity contribution in [3.8, 4) is 0 Å². The average molecular weight is 184 g/mol. The van der Waals surface area contributed by atoms with Gasteiger partial charge in [-0.25, -0.2) is 4.79 Å². The Labute approximate surface area is 78.5 Å². The van der Waals surface area contributed by atoms with Crippen LogP contribution in [0.15, 0.2) is 0 Å². The summed E-state index contributed by atoms with van der Waals surface area (Å²) in [5, 5.41) is 13.9. The SMILES string of the molecule is O=C(O)O.O=S(=O)(O)O.[NaH]. The number of rotatable bonds is 0. The van der Waals surface area contributed by atoms with Crippen molar-refractivity contribution in [3.63, 3.8) is 0 Å². The fourth-order valence-corrected chi connectivity index (χ4v) is 0. The molecule has 0 aliphatic rings. The van der Waals surface area contributed by atoms with Gasteiger partial charge in [-0.15, -0.1) is 0 Å². The third-order valence-corrected chi connectivity index (χ3v) is 0. The molecule has 0 radical (unpaired) electrons. The average Bonchev–Trinajstić information content (AvgIpc) is 1.19. The number of hydrogen-bond donors (Lipinski definition) is 4. The van der Waals surface area contributed by atoms with Crippen LogP contribution in [0.3, 0.4) is 0 Å². The van der Waals surface area contributed by atoms with Crippen molar-refractivity contribution in [2.75, 3.05) is 0 Å². The summed E-state index contributed by atoms with van der Waals surface area (Å²) in [5.41, 5.74) is 0. The summed E-state index contributed by atoms with van der Waals surface area (Å²) in [4.78, 5) is 8.56. The molecule has 0 aromatic carbocycles.